The average Bonchev–Trinajstić information content (AvgIpc) is 2.97. The van der Waals surface area contributed by atoms with Crippen molar-refractivity contribution in [3.8, 4) is 6.07 Å². The third-order valence-corrected chi connectivity index (χ3v) is 3.63. The van der Waals surface area contributed by atoms with Crippen molar-refractivity contribution in [1.82, 2.24) is 4.98 Å². The van der Waals surface area contributed by atoms with Crippen LogP contribution in [-0.2, 0) is 0 Å². The Bertz CT molecular complexity index is 700. The average molecular weight is 295 g/mol. The summed E-state index contributed by atoms with van der Waals surface area (Å²) in [4.78, 5) is 6.09. The molecular formula is C17H17N3O2. The van der Waals surface area contributed by atoms with Crippen LogP contribution in [0.15, 0.2) is 34.7 Å². The molecule has 0 saturated carbocycles. The standard InChI is InChI=1S/C17H17N3O2/c18-11-15-17(20-10-4-7-14(21)12-20)22-16(19-15)9-8-13-5-2-1-3-6-13/h1-3,5-6,8-9,14,21H,4,7,10,12H2. The molecule has 112 valence electrons. The lowest BCUT2D eigenvalue weighted by Crippen LogP contribution is -2.38. The van der Waals surface area contributed by atoms with E-state index in [1.54, 1.807) is 6.08 Å². The summed E-state index contributed by atoms with van der Waals surface area (Å²) in [5, 5.41) is 19.0. The van der Waals surface area contributed by atoms with Crippen LogP contribution in [0.4, 0.5) is 5.88 Å². The molecule has 1 aromatic heterocycles. The summed E-state index contributed by atoms with van der Waals surface area (Å²) in [6, 6.07) is 11.9. The van der Waals surface area contributed by atoms with E-state index in [9.17, 15) is 10.4 Å². The van der Waals surface area contributed by atoms with E-state index >= 15 is 0 Å². The second-order valence-electron chi connectivity index (χ2n) is 5.30. The highest BCUT2D eigenvalue weighted by molar-refractivity contribution is 5.67. The minimum Gasteiger partial charge on any atom is -0.420 e. The largest absolute Gasteiger partial charge is 0.420 e. The molecule has 0 bridgehead atoms. The summed E-state index contributed by atoms with van der Waals surface area (Å²) in [7, 11) is 0. The monoisotopic (exact) mass is 295 g/mol. The van der Waals surface area contributed by atoms with E-state index in [1.165, 1.54) is 0 Å². The summed E-state index contributed by atoms with van der Waals surface area (Å²) < 4.78 is 5.71. The molecule has 1 aromatic carbocycles. The van der Waals surface area contributed by atoms with Crippen molar-refractivity contribution < 1.29 is 9.52 Å². The number of hydrogen-bond donors (Lipinski definition) is 1. The molecule has 2 aromatic rings. The first-order chi connectivity index (χ1) is 10.8. The van der Waals surface area contributed by atoms with Gasteiger partial charge in [0.1, 0.15) is 6.07 Å². The van der Waals surface area contributed by atoms with E-state index in [2.05, 4.69) is 11.1 Å². The summed E-state index contributed by atoms with van der Waals surface area (Å²) in [6.07, 6.45) is 4.92. The zero-order valence-corrected chi connectivity index (χ0v) is 12.1. The molecule has 0 spiro atoms. The highest BCUT2D eigenvalue weighted by Gasteiger charge is 2.24. The topological polar surface area (TPSA) is 73.3 Å². The summed E-state index contributed by atoms with van der Waals surface area (Å²) in [6.45, 7) is 1.24. The van der Waals surface area contributed by atoms with Crippen LogP contribution in [0.5, 0.6) is 0 Å². The van der Waals surface area contributed by atoms with Gasteiger partial charge in [-0.3, -0.25) is 0 Å². The number of aliphatic hydroxyl groups is 1. The van der Waals surface area contributed by atoms with E-state index in [0.717, 1.165) is 24.9 Å². The zero-order chi connectivity index (χ0) is 15.4. The van der Waals surface area contributed by atoms with Crippen molar-refractivity contribution in [3.63, 3.8) is 0 Å². The Balaban J connectivity index is 1.82. The van der Waals surface area contributed by atoms with Crippen LogP contribution in [0.3, 0.4) is 0 Å². The maximum Gasteiger partial charge on any atom is 0.235 e. The van der Waals surface area contributed by atoms with Gasteiger partial charge in [0.05, 0.1) is 6.10 Å². The third-order valence-electron chi connectivity index (χ3n) is 3.63. The molecule has 0 amide bonds. The molecular weight excluding hydrogens is 278 g/mol. The second-order valence-corrected chi connectivity index (χ2v) is 5.30. The van der Waals surface area contributed by atoms with Gasteiger partial charge in [0.2, 0.25) is 17.5 Å². The first kappa shape index (κ1) is 14.4. The fourth-order valence-corrected chi connectivity index (χ4v) is 2.56. The van der Waals surface area contributed by atoms with Crippen LogP contribution in [0.1, 0.15) is 30.0 Å². The maximum absolute atomic E-state index is 9.76. The maximum atomic E-state index is 9.76. The van der Waals surface area contributed by atoms with E-state index in [0.29, 0.717) is 18.3 Å². The first-order valence-corrected chi connectivity index (χ1v) is 7.33. The predicted octanol–water partition coefficient (Wildman–Crippen LogP) is 2.68. The van der Waals surface area contributed by atoms with Gasteiger partial charge < -0.3 is 14.4 Å². The normalized spacial score (nSPS) is 18.5. The zero-order valence-electron chi connectivity index (χ0n) is 12.1. The Hall–Kier alpha value is -2.58. The summed E-state index contributed by atoms with van der Waals surface area (Å²) in [5.41, 5.74) is 1.30. The highest BCUT2D eigenvalue weighted by atomic mass is 16.4. The van der Waals surface area contributed by atoms with Crippen molar-refractivity contribution in [1.29, 1.82) is 5.26 Å². The SMILES string of the molecule is N#Cc1nc(C=Cc2ccccc2)oc1N1CCCC(O)C1. The number of β-amino-alcohol motifs (C(OH)–C–C–N with tert-alkyl or cyclic N) is 1. The molecule has 1 aliphatic rings. The number of aliphatic hydroxyl groups excluding tert-OH is 1. The lowest BCUT2D eigenvalue weighted by molar-refractivity contribution is 0.152. The number of rotatable bonds is 3. The molecule has 3 rings (SSSR count). The summed E-state index contributed by atoms with van der Waals surface area (Å²) in [5.74, 6) is 0.851. The number of piperidine rings is 1. The Morgan fingerprint density at radius 2 is 2.14 bits per heavy atom. The van der Waals surface area contributed by atoms with E-state index < -0.39 is 0 Å². The predicted molar refractivity (Wildman–Crippen MR) is 84.0 cm³/mol. The van der Waals surface area contributed by atoms with Crippen LogP contribution in [-0.4, -0.2) is 29.3 Å². The van der Waals surface area contributed by atoms with Gasteiger partial charge in [-0.15, -0.1) is 0 Å². The molecule has 22 heavy (non-hydrogen) atoms. The van der Waals surface area contributed by atoms with Crippen LogP contribution in [0, 0.1) is 11.3 Å². The van der Waals surface area contributed by atoms with Crippen molar-refractivity contribution >= 4 is 18.0 Å². The number of nitrogens with zero attached hydrogens (tertiary/aromatic N) is 3. The molecule has 1 aliphatic heterocycles. The van der Waals surface area contributed by atoms with Crippen LogP contribution in [0.25, 0.3) is 12.2 Å². The molecule has 2 heterocycles. The van der Waals surface area contributed by atoms with Crippen LogP contribution < -0.4 is 4.90 Å². The molecule has 0 aliphatic carbocycles. The lowest BCUT2D eigenvalue weighted by Gasteiger charge is -2.29. The molecule has 0 radical (unpaired) electrons. The van der Waals surface area contributed by atoms with Crippen LogP contribution >= 0.6 is 0 Å². The van der Waals surface area contributed by atoms with Gasteiger partial charge in [-0.25, -0.2) is 0 Å². The molecule has 1 N–H and O–H groups in total. The first-order valence-electron chi connectivity index (χ1n) is 7.33. The number of anilines is 1. The third kappa shape index (κ3) is 3.18. The number of benzene rings is 1. The van der Waals surface area contributed by atoms with Gasteiger partial charge in [0, 0.05) is 19.2 Å². The molecule has 1 unspecified atom stereocenters. The number of nitriles is 1. The molecule has 1 saturated heterocycles. The second kappa shape index (κ2) is 6.46. The van der Waals surface area contributed by atoms with Gasteiger partial charge in [-0.2, -0.15) is 10.2 Å². The highest BCUT2D eigenvalue weighted by Crippen LogP contribution is 2.26. The van der Waals surface area contributed by atoms with Gasteiger partial charge in [-0.05, 0) is 24.5 Å². The quantitative estimate of drug-likeness (QED) is 0.942. The van der Waals surface area contributed by atoms with E-state index in [-0.39, 0.29) is 11.8 Å². The molecule has 1 atom stereocenters. The van der Waals surface area contributed by atoms with Crippen LogP contribution in [0.2, 0.25) is 0 Å². The van der Waals surface area contributed by atoms with Gasteiger partial charge in [0.25, 0.3) is 0 Å². The Kier molecular flexibility index (Phi) is 4.22. The van der Waals surface area contributed by atoms with Crippen molar-refractivity contribution in [2.45, 2.75) is 18.9 Å². The number of oxazole rings is 1. The lowest BCUT2D eigenvalue weighted by atomic mass is 10.1. The fraction of sp³-hybridized carbons (Fsp3) is 0.294. The van der Waals surface area contributed by atoms with E-state index in [1.807, 2.05) is 41.3 Å². The Morgan fingerprint density at radius 1 is 1.32 bits per heavy atom. The van der Waals surface area contributed by atoms with Crippen molar-refractivity contribution in [2.24, 2.45) is 0 Å². The molecule has 1 fully saturated rings. The molecule has 5 heteroatoms. The number of hydrogen-bond acceptors (Lipinski definition) is 5. The van der Waals surface area contributed by atoms with Gasteiger partial charge in [-0.1, -0.05) is 30.3 Å². The van der Waals surface area contributed by atoms with Crippen molar-refractivity contribution in [2.75, 3.05) is 18.0 Å². The Morgan fingerprint density at radius 3 is 2.86 bits per heavy atom. The van der Waals surface area contributed by atoms with Crippen molar-refractivity contribution in [3.05, 3.63) is 47.5 Å². The fourth-order valence-electron chi connectivity index (χ4n) is 2.56. The molecule has 5 nitrogen and oxygen atoms in total. The van der Waals surface area contributed by atoms with E-state index in [4.69, 9.17) is 4.42 Å². The minimum atomic E-state index is -0.381. The smallest absolute Gasteiger partial charge is 0.235 e. The minimum absolute atomic E-state index is 0.266. The Labute approximate surface area is 129 Å². The summed E-state index contributed by atoms with van der Waals surface area (Å²) >= 11 is 0. The number of aromatic nitrogens is 1. The van der Waals surface area contributed by atoms with Gasteiger partial charge >= 0.3 is 0 Å². The van der Waals surface area contributed by atoms with Gasteiger partial charge in [0.15, 0.2) is 0 Å².